The Labute approximate surface area is 170 Å². The van der Waals surface area contributed by atoms with Crippen molar-refractivity contribution in [2.75, 3.05) is 11.4 Å². The summed E-state index contributed by atoms with van der Waals surface area (Å²) >= 11 is 0. The van der Waals surface area contributed by atoms with E-state index in [4.69, 9.17) is 4.98 Å². The summed E-state index contributed by atoms with van der Waals surface area (Å²) in [5, 5.41) is 2.29. The molecule has 5 rings (SSSR count). The summed E-state index contributed by atoms with van der Waals surface area (Å²) in [6.07, 6.45) is 0.505. The Balaban J connectivity index is 1.55. The molecule has 0 saturated carbocycles. The minimum absolute atomic E-state index is 0.104. The number of nitrogens with zero attached hydrogens (tertiary/aromatic N) is 3. The lowest BCUT2D eigenvalue weighted by atomic mass is 10.1. The standard InChI is InChI=1S/C25H25N3O/c1-17(2)15-28-23-12-6-5-11-21(23)26-25(28)19-14-24(29)27(16-19)22-13-7-9-18-8-3-4-10-20(18)22/h3-13,17,19H,14-16H2,1-2H3. The number of hydrogen-bond donors (Lipinski definition) is 0. The Bertz CT molecular complexity index is 1200. The lowest BCUT2D eigenvalue weighted by molar-refractivity contribution is -0.117. The zero-order valence-corrected chi connectivity index (χ0v) is 16.9. The van der Waals surface area contributed by atoms with Gasteiger partial charge in [-0.05, 0) is 29.5 Å². The molecule has 1 atom stereocenters. The highest BCUT2D eigenvalue weighted by atomic mass is 16.2. The van der Waals surface area contributed by atoms with Crippen molar-refractivity contribution in [1.82, 2.24) is 9.55 Å². The van der Waals surface area contributed by atoms with E-state index in [1.807, 2.05) is 29.2 Å². The zero-order chi connectivity index (χ0) is 20.0. The number of fused-ring (bicyclic) bond motifs is 2. The largest absolute Gasteiger partial charge is 0.327 e. The molecule has 0 spiro atoms. The quantitative estimate of drug-likeness (QED) is 0.475. The highest BCUT2D eigenvalue weighted by Crippen LogP contribution is 2.36. The zero-order valence-electron chi connectivity index (χ0n) is 16.9. The summed E-state index contributed by atoms with van der Waals surface area (Å²) in [5.74, 6) is 1.83. The summed E-state index contributed by atoms with van der Waals surface area (Å²) in [4.78, 5) is 19.9. The normalized spacial score (nSPS) is 17.1. The summed E-state index contributed by atoms with van der Waals surface area (Å²) in [7, 11) is 0. The van der Waals surface area contributed by atoms with Crippen LogP contribution in [-0.4, -0.2) is 22.0 Å². The highest BCUT2D eigenvalue weighted by molar-refractivity contribution is 6.05. The summed E-state index contributed by atoms with van der Waals surface area (Å²) in [6.45, 7) is 6.03. The van der Waals surface area contributed by atoms with Gasteiger partial charge in [-0.3, -0.25) is 4.79 Å². The van der Waals surface area contributed by atoms with Crippen molar-refractivity contribution in [2.24, 2.45) is 5.92 Å². The van der Waals surface area contributed by atoms with Crippen LogP contribution in [0, 0.1) is 5.92 Å². The van der Waals surface area contributed by atoms with E-state index < -0.39 is 0 Å². The minimum atomic E-state index is 0.104. The summed E-state index contributed by atoms with van der Waals surface area (Å²) < 4.78 is 2.32. The van der Waals surface area contributed by atoms with Crippen LogP contribution in [0.15, 0.2) is 66.7 Å². The Morgan fingerprint density at radius 2 is 1.76 bits per heavy atom. The first kappa shape index (κ1) is 17.9. The SMILES string of the molecule is CC(C)Cn1c(C2CC(=O)N(c3cccc4ccccc34)C2)nc2ccccc21. The van der Waals surface area contributed by atoms with Crippen LogP contribution in [0.25, 0.3) is 21.8 Å². The number of aromatic nitrogens is 2. The topological polar surface area (TPSA) is 38.1 Å². The molecule has 1 aliphatic heterocycles. The number of amides is 1. The van der Waals surface area contributed by atoms with E-state index in [-0.39, 0.29) is 11.8 Å². The van der Waals surface area contributed by atoms with Gasteiger partial charge in [-0.2, -0.15) is 0 Å². The first-order valence-corrected chi connectivity index (χ1v) is 10.3. The number of carbonyl (C=O) groups excluding carboxylic acids is 1. The van der Waals surface area contributed by atoms with E-state index in [2.05, 4.69) is 60.9 Å². The second-order valence-electron chi connectivity index (χ2n) is 8.37. The molecular formula is C25H25N3O. The number of carbonyl (C=O) groups is 1. The molecule has 1 amide bonds. The number of anilines is 1. The fourth-order valence-electron chi connectivity index (χ4n) is 4.52. The van der Waals surface area contributed by atoms with Gasteiger partial charge in [-0.1, -0.05) is 62.4 Å². The van der Waals surface area contributed by atoms with Gasteiger partial charge in [0, 0.05) is 30.8 Å². The van der Waals surface area contributed by atoms with Crippen molar-refractivity contribution < 1.29 is 4.79 Å². The van der Waals surface area contributed by atoms with Gasteiger partial charge in [0.1, 0.15) is 5.82 Å². The van der Waals surface area contributed by atoms with E-state index in [1.54, 1.807) is 0 Å². The minimum Gasteiger partial charge on any atom is -0.327 e. The van der Waals surface area contributed by atoms with Crippen molar-refractivity contribution in [2.45, 2.75) is 32.7 Å². The number of imidazole rings is 1. The van der Waals surface area contributed by atoms with Crippen LogP contribution >= 0.6 is 0 Å². The molecule has 146 valence electrons. The van der Waals surface area contributed by atoms with E-state index in [1.165, 1.54) is 0 Å². The van der Waals surface area contributed by atoms with E-state index in [9.17, 15) is 4.79 Å². The van der Waals surface area contributed by atoms with Crippen LogP contribution < -0.4 is 4.90 Å². The molecule has 29 heavy (non-hydrogen) atoms. The van der Waals surface area contributed by atoms with Crippen molar-refractivity contribution in [3.8, 4) is 0 Å². The third-order valence-electron chi connectivity index (χ3n) is 5.78. The second kappa shape index (κ2) is 7.03. The molecule has 4 nitrogen and oxygen atoms in total. The van der Waals surface area contributed by atoms with Gasteiger partial charge >= 0.3 is 0 Å². The van der Waals surface area contributed by atoms with Gasteiger partial charge < -0.3 is 9.47 Å². The molecule has 0 aliphatic carbocycles. The van der Waals surface area contributed by atoms with E-state index >= 15 is 0 Å². The first-order valence-electron chi connectivity index (χ1n) is 10.3. The Morgan fingerprint density at radius 3 is 2.62 bits per heavy atom. The van der Waals surface area contributed by atoms with Crippen LogP contribution in [0.1, 0.15) is 32.0 Å². The molecule has 0 bridgehead atoms. The number of rotatable bonds is 4. The smallest absolute Gasteiger partial charge is 0.227 e. The van der Waals surface area contributed by atoms with Crippen LogP contribution in [0.4, 0.5) is 5.69 Å². The maximum absolute atomic E-state index is 13.0. The van der Waals surface area contributed by atoms with Gasteiger partial charge in [0.2, 0.25) is 5.91 Å². The Kier molecular flexibility index (Phi) is 4.35. The van der Waals surface area contributed by atoms with Gasteiger partial charge in [-0.15, -0.1) is 0 Å². The summed E-state index contributed by atoms with van der Waals surface area (Å²) in [6, 6.07) is 22.7. The van der Waals surface area contributed by atoms with Crippen LogP contribution in [0.2, 0.25) is 0 Å². The highest BCUT2D eigenvalue weighted by Gasteiger charge is 2.35. The fourth-order valence-corrected chi connectivity index (χ4v) is 4.52. The molecule has 1 saturated heterocycles. The number of para-hydroxylation sites is 2. The van der Waals surface area contributed by atoms with Gasteiger partial charge in [0.15, 0.2) is 0 Å². The maximum Gasteiger partial charge on any atom is 0.227 e. The third-order valence-corrected chi connectivity index (χ3v) is 5.78. The molecule has 3 aromatic carbocycles. The van der Waals surface area contributed by atoms with Gasteiger partial charge in [0.05, 0.1) is 16.7 Å². The molecule has 1 fully saturated rings. The van der Waals surface area contributed by atoms with Crippen molar-refractivity contribution in [3.05, 3.63) is 72.6 Å². The lowest BCUT2D eigenvalue weighted by Crippen LogP contribution is -2.24. The van der Waals surface area contributed by atoms with Crippen molar-refractivity contribution in [3.63, 3.8) is 0 Å². The monoisotopic (exact) mass is 383 g/mol. The Morgan fingerprint density at radius 1 is 1.00 bits per heavy atom. The second-order valence-corrected chi connectivity index (χ2v) is 8.37. The maximum atomic E-state index is 13.0. The van der Waals surface area contributed by atoms with Gasteiger partial charge in [0.25, 0.3) is 0 Å². The average molecular weight is 383 g/mol. The van der Waals surface area contributed by atoms with Crippen molar-refractivity contribution in [1.29, 1.82) is 0 Å². The van der Waals surface area contributed by atoms with E-state index in [0.29, 0.717) is 18.9 Å². The number of benzene rings is 3. The Hall–Kier alpha value is -3.14. The molecular weight excluding hydrogens is 358 g/mol. The van der Waals surface area contributed by atoms with Crippen LogP contribution in [0.3, 0.4) is 0 Å². The number of hydrogen-bond acceptors (Lipinski definition) is 2. The fraction of sp³-hybridized carbons (Fsp3) is 0.280. The predicted molar refractivity (Wildman–Crippen MR) is 118 cm³/mol. The molecule has 4 aromatic rings. The van der Waals surface area contributed by atoms with Crippen LogP contribution in [0.5, 0.6) is 0 Å². The third kappa shape index (κ3) is 3.09. The van der Waals surface area contributed by atoms with Crippen LogP contribution in [-0.2, 0) is 11.3 Å². The molecule has 4 heteroatoms. The average Bonchev–Trinajstić information content (AvgIpc) is 3.28. The molecule has 0 N–H and O–H groups in total. The molecule has 2 heterocycles. The van der Waals surface area contributed by atoms with E-state index in [0.717, 1.165) is 39.9 Å². The lowest BCUT2D eigenvalue weighted by Gasteiger charge is -2.20. The summed E-state index contributed by atoms with van der Waals surface area (Å²) in [5.41, 5.74) is 3.17. The van der Waals surface area contributed by atoms with Crippen molar-refractivity contribution >= 4 is 33.4 Å². The predicted octanol–water partition coefficient (Wildman–Crippen LogP) is 5.37. The van der Waals surface area contributed by atoms with Gasteiger partial charge in [-0.25, -0.2) is 4.98 Å². The molecule has 1 aromatic heterocycles. The molecule has 1 aliphatic rings. The molecule has 0 radical (unpaired) electrons. The molecule has 1 unspecified atom stereocenters. The first-order chi connectivity index (χ1) is 14.1.